The van der Waals surface area contributed by atoms with Gasteiger partial charge in [0.25, 0.3) is 10.2 Å². The molecular weight excluding hydrogens is 414 g/mol. The maximum Gasteiger partial charge on any atom is 0.274 e. The molecule has 1 aromatic carbocycles. The average Bonchev–Trinajstić information content (AvgIpc) is 3.30. The molecule has 9 heteroatoms. The molecule has 0 spiro atoms. The van der Waals surface area contributed by atoms with Gasteiger partial charge in [0.1, 0.15) is 12.0 Å². The van der Waals surface area contributed by atoms with Gasteiger partial charge in [0.2, 0.25) is 0 Å². The average molecular weight is 444 g/mol. The van der Waals surface area contributed by atoms with E-state index in [4.69, 9.17) is 5.14 Å². The van der Waals surface area contributed by atoms with Crippen LogP contribution in [0.15, 0.2) is 48.9 Å². The number of fused-ring (bicyclic) bond motifs is 1. The van der Waals surface area contributed by atoms with Gasteiger partial charge in [-0.3, -0.25) is 0 Å². The molecule has 1 fully saturated rings. The van der Waals surface area contributed by atoms with Gasteiger partial charge in [-0.2, -0.15) is 8.42 Å². The highest BCUT2D eigenvalue weighted by atomic mass is 32.2. The lowest BCUT2D eigenvalue weighted by Gasteiger charge is -2.25. The Labute approximate surface area is 182 Å². The molecule has 1 aliphatic carbocycles. The summed E-state index contributed by atoms with van der Waals surface area (Å²) in [6.45, 7) is 4.55. The van der Waals surface area contributed by atoms with Crippen molar-refractivity contribution in [2.75, 3.05) is 6.54 Å². The molecule has 0 radical (unpaired) electrons. The van der Waals surface area contributed by atoms with Gasteiger partial charge in [-0.25, -0.2) is 19.8 Å². The van der Waals surface area contributed by atoms with Gasteiger partial charge in [-0.05, 0) is 36.3 Å². The number of aliphatic hydroxyl groups is 1. The molecule has 0 bridgehead atoms. The highest BCUT2D eigenvalue weighted by molar-refractivity contribution is 7.87. The Kier molecular flexibility index (Phi) is 5.87. The third kappa shape index (κ3) is 4.79. The van der Waals surface area contributed by atoms with E-state index in [9.17, 15) is 13.5 Å². The highest BCUT2D eigenvalue weighted by Gasteiger charge is 2.35. The van der Waals surface area contributed by atoms with Gasteiger partial charge >= 0.3 is 0 Å². The number of aliphatic hydroxyl groups excluding tert-OH is 1. The zero-order chi connectivity index (χ0) is 22.2. The SMILES string of the molecule is CC(C)(Cc1ncnc2c1ccn2[C@@H]1C[C@@H](CNS(N)(=O)=O)[C@@H](O)C1)c1ccccc1. The quantitative estimate of drug-likeness (QED) is 0.516. The normalized spacial score (nSPS) is 22.3. The van der Waals surface area contributed by atoms with Crippen molar-refractivity contribution in [3.05, 3.63) is 60.2 Å². The van der Waals surface area contributed by atoms with Crippen LogP contribution in [0, 0.1) is 5.92 Å². The highest BCUT2D eigenvalue weighted by Crippen LogP contribution is 2.37. The summed E-state index contributed by atoms with van der Waals surface area (Å²) in [7, 11) is -3.78. The van der Waals surface area contributed by atoms with Gasteiger partial charge in [0.05, 0.1) is 11.8 Å². The summed E-state index contributed by atoms with van der Waals surface area (Å²) < 4.78 is 26.8. The summed E-state index contributed by atoms with van der Waals surface area (Å²) >= 11 is 0. The Balaban J connectivity index is 1.57. The lowest BCUT2D eigenvalue weighted by atomic mass is 9.80. The molecule has 166 valence electrons. The van der Waals surface area contributed by atoms with Crippen LogP contribution in [0.1, 0.15) is 44.0 Å². The zero-order valence-electron chi connectivity index (χ0n) is 17.8. The Morgan fingerprint density at radius 3 is 2.65 bits per heavy atom. The molecule has 2 heterocycles. The molecule has 4 N–H and O–H groups in total. The van der Waals surface area contributed by atoms with Crippen LogP contribution < -0.4 is 9.86 Å². The van der Waals surface area contributed by atoms with E-state index >= 15 is 0 Å². The molecule has 3 atom stereocenters. The fraction of sp³-hybridized carbons (Fsp3) is 0.455. The summed E-state index contributed by atoms with van der Waals surface area (Å²) in [6, 6.07) is 12.5. The predicted molar refractivity (Wildman–Crippen MR) is 120 cm³/mol. The Bertz CT molecular complexity index is 1160. The fourth-order valence-corrected chi connectivity index (χ4v) is 5.06. The van der Waals surface area contributed by atoms with E-state index in [2.05, 4.69) is 57.4 Å². The summed E-state index contributed by atoms with van der Waals surface area (Å²) in [4.78, 5) is 9.10. The molecule has 0 amide bonds. The first-order chi connectivity index (χ1) is 14.6. The molecule has 1 saturated carbocycles. The third-order valence-electron chi connectivity index (χ3n) is 6.33. The summed E-state index contributed by atoms with van der Waals surface area (Å²) in [5, 5.41) is 16.5. The first kappa shape index (κ1) is 21.9. The zero-order valence-corrected chi connectivity index (χ0v) is 18.6. The number of benzene rings is 1. The molecular formula is C22H29N5O3S. The van der Waals surface area contributed by atoms with Crippen molar-refractivity contribution < 1.29 is 13.5 Å². The minimum Gasteiger partial charge on any atom is -0.393 e. The van der Waals surface area contributed by atoms with E-state index < -0.39 is 16.3 Å². The maximum absolute atomic E-state index is 11.2. The number of aromatic nitrogens is 3. The van der Waals surface area contributed by atoms with Gasteiger partial charge < -0.3 is 9.67 Å². The minimum absolute atomic E-state index is 0.0321. The van der Waals surface area contributed by atoms with Crippen LogP contribution in [-0.2, 0) is 22.0 Å². The van der Waals surface area contributed by atoms with Crippen LogP contribution in [0.3, 0.4) is 0 Å². The molecule has 31 heavy (non-hydrogen) atoms. The Morgan fingerprint density at radius 2 is 1.94 bits per heavy atom. The second kappa shape index (κ2) is 8.31. The monoisotopic (exact) mass is 443 g/mol. The van der Waals surface area contributed by atoms with Crippen molar-refractivity contribution >= 4 is 21.2 Å². The van der Waals surface area contributed by atoms with Crippen molar-refractivity contribution in [2.24, 2.45) is 11.1 Å². The minimum atomic E-state index is -3.78. The van der Waals surface area contributed by atoms with Crippen molar-refractivity contribution in [3.63, 3.8) is 0 Å². The third-order valence-corrected chi connectivity index (χ3v) is 6.90. The molecule has 0 unspecified atom stereocenters. The number of hydrogen-bond acceptors (Lipinski definition) is 5. The van der Waals surface area contributed by atoms with E-state index in [0.29, 0.717) is 12.8 Å². The number of nitrogens with two attached hydrogens (primary N) is 1. The van der Waals surface area contributed by atoms with Crippen molar-refractivity contribution in [1.82, 2.24) is 19.3 Å². The molecule has 4 rings (SSSR count). The van der Waals surface area contributed by atoms with E-state index in [0.717, 1.165) is 23.1 Å². The largest absolute Gasteiger partial charge is 0.393 e. The Hall–Kier alpha value is -2.33. The molecule has 8 nitrogen and oxygen atoms in total. The molecule has 1 aliphatic rings. The van der Waals surface area contributed by atoms with Gasteiger partial charge in [0, 0.05) is 30.1 Å². The van der Waals surface area contributed by atoms with Crippen LogP contribution >= 0.6 is 0 Å². The number of nitrogens with one attached hydrogen (secondary N) is 1. The van der Waals surface area contributed by atoms with Crippen LogP contribution in [0.25, 0.3) is 11.0 Å². The lowest BCUT2D eigenvalue weighted by Crippen LogP contribution is -2.36. The molecule has 0 saturated heterocycles. The summed E-state index contributed by atoms with van der Waals surface area (Å²) in [6.07, 6.45) is 4.94. The van der Waals surface area contributed by atoms with Crippen molar-refractivity contribution in [2.45, 2.75) is 50.7 Å². The fourth-order valence-electron chi connectivity index (χ4n) is 4.61. The summed E-state index contributed by atoms with van der Waals surface area (Å²) in [5.41, 5.74) is 3.00. The van der Waals surface area contributed by atoms with Crippen LogP contribution in [0.4, 0.5) is 0 Å². The van der Waals surface area contributed by atoms with Crippen molar-refractivity contribution in [1.29, 1.82) is 0 Å². The number of hydrogen-bond donors (Lipinski definition) is 3. The maximum atomic E-state index is 11.2. The van der Waals surface area contributed by atoms with Crippen molar-refractivity contribution in [3.8, 4) is 0 Å². The smallest absolute Gasteiger partial charge is 0.274 e. The van der Waals surface area contributed by atoms with Crippen LogP contribution in [-0.4, -0.2) is 40.7 Å². The second-order valence-corrected chi connectivity index (χ2v) is 10.4. The molecule has 3 aromatic rings. The number of rotatable bonds is 7. The number of nitrogens with zero attached hydrogens (tertiary/aromatic N) is 3. The van der Waals surface area contributed by atoms with Gasteiger partial charge in [-0.15, -0.1) is 0 Å². The summed E-state index contributed by atoms with van der Waals surface area (Å²) in [5.74, 6) is -0.195. The van der Waals surface area contributed by atoms with E-state index in [1.807, 2.05) is 18.3 Å². The standard InChI is InChI=1S/C22H29N5O3S/c1-22(2,16-6-4-3-5-7-16)12-19-18-8-9-27(21(18)25-14-24-19)17-10-15(20(28)11-17)13-26-31(23,29)30/h3-9,14-15,17,20,26,28H,10-13H2,1-2H3,(H2,23,29,30)/t15-,17+,20-/m0/s1. The second-order valence-electron chi connectivity index (χ2n) is 9.05. The first-order valence-electron chi connectivity index (χ1n) is 10.5. The molecule has 0 aliphatic heterocycles. The van der Waals surface area contributed by atoms with Crippen LogP contribution in [0.5, 0.6) is 0 Å². The Morgan fingerprint density at radius 1 is 1.19 bits per heavy atom. The van der Waals surface area contributed by atoms with E-state index in [-0.39, 0.29) is 23.9 Å². The van der Waals surface area contributed by atoms with Gasteiger partial charge in [0.15, 0.2) is 0 Å². The topological polar surface area (TPSA) is 123 Å². The lowest BCUT2D eigenvalue weighted by molar-refractivity contribution is 0.133. The van der Waals surface area contributed by atoms with Crippen LogP contribution in [0.2, 0.25) is 0 Å². The van der Waals surface area contributed by atoms with E-state index in [1.165, 1.54) is 5.56 Å². The predicted octanol–water partition coefficient (Wildman–Crippen LogP) is 2.06. The van der Waals surface area contributed by atoms with Gasteiger partial charge in [-0.1, -0.05) is 44.2 Å². The first-order valence-corrected chi connectivity index (χ1v) is 12.0. The van der Waals surface area contributed by atoms with E-state index in [1.54, 1.807) is 6.33 Å². The molecule has 2 aromatic heterocycles.